The number of benzene rings is 3. The molecule has 1 heterocycles. The van der Waals surface area contributed by atoms with Crippen LogP contribution in [0.15, 0.2) is 84.9 Å². The number of aromatic nitrogens is 2. The molecule has 298 valence electrons. The van der Waals surface area contributed by atoms with Gasteiger partial charge in [0.1, 0.15) is 11.6 Å². The summed E-state index contributed by atoms with van der Waals surface area (Å²) in [4.78, 5) is 43.7. The maximum absolute atomic E-state index is 12.5. The molecule has 1 amide bonds. The number of carboxylic acid groups (broad SMARTS) is 1. The first-order valence-corrected chi connectivity index (χ1v) is 20.4. The van der Waals surface area contributed by atoms with Crippen LogP contribution in [-0.4, -0.2) is 52.7 Å². The molecule has 1 aromatic heterocycles. The Morgan fingerprint density at radius 2 is 1.18 bits per heavy atom. The van der Waals surface area contributed by atoms with Crippen molar-refractivity contribution in [1.82, 2.24) is 15.3 Å². The molecule has 56 heavy (non-hydrogen) atoms. The Morgan fingerprint density at radius 3 is 1.73 bits per heavy atom. The Balaban J connectivity index is 1.30. The topological polar surface area (TPSA) is 131 Å². The Hall–Kier alpha value is -5.44. The third kappa shape index (κ3) is 15.7. The predicted molar refractivity (Wildman–Crippen MR) is 226 cm³/mol. The van der Waals surface area contributed by atoms with Crippen LogP contribution in [0.25, 0.3) is 46.1 Å². The predicted octanol–water partition coefficient (Wildman–Crippen LogP) is 11.1. The number of rotatable bonds is 26. The first-order valence-electron chi connectivity index (χ1n) is 20.4. The lowest BCUT2D eigenvalue weighted by molar-refractivity contribution is -0.139. The number of aromatic amines is 1. The maximum Gasteiger partial charge on any atom is 0.341 e. The molecule has 4 aromatic rings. The summed E-state index contributed by atoms with van der Waals surface area (Å²) in [6.45, 7) is 4.61. The Kier molecular flexibility index (Phi) is 19.2. The molecule has 0 aliphatic heterocycles. The summed E-state index contributed by atoms with van der Waals surface area (Å²) in [5.41, 5.74) is 5.82. The van der Waals surface area contributed by atoms with E-state index in [9.17, 15) is 14.4 Å². The molecule has 0 unspecified atom stereocenters. The number of esters is 1. The van der Waals surface area contributed by atoms with Gasteiger partial charge in [0.25, 0.3) is 0 Å². The first kappa shape index (κ1) is 43.3. The van der Waals surface area contributed by atoms with Crippen LogP contribution in [0.2, 0.25) is 0 Å². The highest BCUT2D eigenvalue weighted by Gasteiger charge is 2.16. The van der Waals surface area contributed by atoms with E-state index in [1.165, 1.54) is 83.1 Å². The van der Waals surface area contributed by atoms with Crippen LogP contribution in [0, 0.1) is 0 Å². The van der Waals surface area contributed by atoms with E-state index in [-0.39, 0.29) is 5.91 Å². The third-order valence-electron chi connectivity index (χ3n) is 9.53. The lowest BCUT2D eigenvalue weighted by Crippen LogP contribution is -2.21. The van der Waals surface area contributed by atoms with Gasteiger partial charge in [0.05, 0.1) is 18.0 Å². The zero-order chi connectivity index (χ0) is 39.8. The SMILES string of the molecule is CCCCCCCCCCCCCCCCNC(=O)/C=C/c1ccc(-c2[nH]c(-c3ccc(/C=C/C(=O)OCC)cc3)nc2-c2ccc(OCC(=O)O)cc2)cc1. The highest BCUT2D eigenvalue weighted by atomic mass is 16.5. The van der Waals surface area contributed by atoms with Crippen molar-refractivity contribution in [2.24, 2.45) is 0 Å². The quantitative estimate of drug-likeness (QED) is 0.0330. The molecule has 0 atom stereocenters. The van der Waals surface area contributed by atoms with Crippen molar-refractivity contribution >= 4 is 30.0 Å². The number of aliphatic carboxylic acids is 1. The van der Waals surface area contributed by atoms with E-state index in [1.807, 2.05) is 66.7 Å². The maximum atomic E-state index is 12.5. The number of unbranched alkanes of at least 4 members (excludes halogenated alkanes) is 13. The second-order valence-electron chi connectivity index (χ2n) is 14.1. The van der Waals surface area contributed by atoms with Gasteiger partial charge in [0, 0.05) is 35.4 Å². The molecule has 3 N–H and O–H groups in total. The molecule has 4 rings (SSSR count). The number of hydrogen-bond acceptors (Lipinski definition) is 6. The minimum absolute atomic E-state index is 0.0950. The van der Waals surface area contributed by atoms with Crippen molar-refractivity contribution < 1.29 is 29.0 Å². The average Bonchev–Trinajstić information content (AvgIpc) is 3.66. The van der Waals surface area contributed by atoms with E-state index in [2.05, 4.69) is 17.2 Å². The summed E-state index contributed by atoms with van der Waals surface area (Å²) in [5.74, 6) is -0.435. The van der Waals surface area contributed by atoms with Crippen molar-refractivity contribution in [3.8, 4) is 39.7 Å². The second-order valence-corrected chi connectivity index (χ2v) is 14.1. The van der Waals surface area contributed by atoms with Gasteiger partial charge in [-0.15, -0.1) is 0 Å². The summed E-state index contributed by atoms with van der Waals surface area (Å²) in [6, 6.07) is 22.7. The lowest BCUT2D eigenvalue weighted by atomic mass is 10.0. The largest absolute Gasteiger partial charge is 0.482 e. The summed E-state index contributed by atoms with van der Waals surface area (Å²) in [7, 11) is 0. The Labute approximate surface area is 332 Å². The molecule has 0 fully saturated rings. The number of amides is 1. The highest BCUT2D eigenvalue weighted by molar-refractivity contribution is 5.92. The number of carbonyl (C=O) groups excluding carboxylic acids is 2. The van der Waals surface area contributed by atoms with Gasteiger partial charge in [0.15, 0.2) is 6.61 Å². The normalized spacial score (nSPS) is 11.3. The fraction of sp³-hybridized carbons (Fsp3) is 0.404. The van der Waals surface area contributed by atoms with Crippen LogP contribution in [0.4, 0.5) is 0 Å². The molecule has 0 bridgehead atoms. The van der Waals surface area contributed by atoms with E-state index in [0.29, 0.717) is 30.4 Å². The zero-order valence-electron chi connectivity index (χ0n) is 33.2. The minimum atomic E-state index is -1.05. The summed E-state index contributed by atoms with van der Waals surface area (Å²) in [5, 5.41) is 12.0. The van der Waals surface area contributed by atoms with Crippen molar-refractivity contribution in [2.75, 3.05) is 19.8 Å². The molecule has 0 spiro atoms. The highest BCUT2D eigenvalue weighted by Crippen LogP contribution is 2.34. The van der Waals surface area contributed by atoms with Gasteiger partial charge in [-0.1, -0.05) is 139 Å². The van der Waals surface area contributed by atoms with Crippen LogP contribution < -0.4 is 10.1 Å². The zero-order valence-corrected chi connectivity index (χ0v) is 33.2. The number of ether oxygens (including phenoxy) is 2. The second kappa shape index (κ2) is 24.9. The first-order chi connectivity index (χ1) is 27.4. The van der Waals surface area contributed by atoms with E-state index in [1.54, 1.807) is 31.2 Å². The average molecular weight is 762 g/mol. The van der Waals surface area contributed by atoms with Crippen LogP contribution in [0.1, 0.15) is 115 Å². The Morgan fingerprint density at radius 1 is 0.661 bits per heavy atom. The molecule has 0 aliphatic rings. The van der Waals surface area contributed by atoms with Crippen molar-refractivity contribution in [1.29, 1.82) is 0 Å². The standard InChI is InChI=1S/C47H59N3O6/c1-3-5-6-7-8-9-10-11-12-13-14-15-16-17-34-48-42(51)32-22-36-18-24-38(25-19-36)45-46(39-28-30-41(31-29-39)56-35-43(52)53)50-47(49-45)40-26-20-37(21-27-40)23-33-44(54)55-4-2/h18-33H,3-17,34-35H2,1-2H3,(H,48,51)(H,49,50)(H,52,53)/b32-22+,33-23+. The molecule has 0 aliphatic carbocycles. The van der Waals surface area contributed by atoms with Gasteiger partial charge >= 0.3 is 11.9 Å². The smallest absolute Gasteiger partial charge is 0.341 e. The number of nitrogens with one attached hydrogen (secondary N) is 2. The molecule has 9 nitrogen and oxygen atoms in total. The summed E-state index contributed by atoms with van der Waals surface area (Å²) in [6.07, 6.45) is 24.8. The molecular formula is C47H59N3O6. The molecule has 0 saturated carbocycles. The Bertz CT molecular complexity index is 1830. The summed E-state index contributed by atoms with van der Waals surface area (Å²) < 4.78 is 10.3. The third-order valence-corrected chi connectivity index (χ3v) is 9.53. The van der Waals surface area contributed by atoms with Gasteiger partial charge < -0.3 is 24.9 Å². The van der Waals surface area contributed by atoms with Crippen LogP contribution in [0.5, 0.6) is 5.75 Å². The number of nitrogens with zero attached hydrogens (tertiary/aromatic N) is 1. The fourth-order valence-corrected chi connectivity index (χ4v) is 6.41. The number of carbonyl (C=O) groups is 3. The van der Waals surface area contributed by atoms with Crippen molar-refractivity contribution in [2.45, 2.75) is 104 Å². The van der Waals surface area contributed by atoms with E-state index >= 15 is 0 Å². The van der Waals surface area contributed by atoms with Crippen molar-refractivity contribution in [3.63, 3.8) is 0 Å². The number of hydrogen-bond donors (Lipinski definition) is 3. The van der Waals surface area contributed by atoms with Gasteiger partial charge in [-0.25, -0.2) is 14.6 Å². The minimum Gasteiger partial charge on any atom is -0.482 e. The van der Waals surface area contributed by atoms with Crippen LogP contribution in [0.3, 0.4) is 0 Å². The van der Waals surface area contributed by atoms with Crippen LogP contribution >= 0.6 is 0 Å². The van der Waals surface area contributed by atoms with Crippen LogP contribution in [-0.2, 0) is 19.1 Å². The van der Waals surface area contributed by atoms with E-state index < -0.39 is 18.5 Å². The molecule has 9 heteroatoms. The molecule has 0 radical (unpaired) electrons. The van der Waals surface area contributed by atoms with Crippen molar-refractivity contribution in [3.05, 3.63) is 96.1 Å². The summed E-state index contributed by atoms with van der Waals surface area (Å²) >= 11 is 0. The molecule has 3 aromatic carbocycles. The fourth-order valence-electron chi connectivity index (χ4n) is 6.41. The van der Waals surface area contributed by atoms with Gasteiger partial charge in [0.2, 0.25) is 5.91 Å². The van der Waals surface area contributed by atoms with Gasteiger partial charge in [-0.05, 0) is 60.9 Å². The monoisotopic (exact) mass is 761 g/mol. The number of carboxylic acids is 1. The number of imidazole rings is 1. The van der Waals surface area contributed by atoms with E-state index in [0.717, 1.165) is 46.4 Å². The lowest BCUT2D eigenvalue weighted by Gasteiger charge is -2.06. The van der Waals surface area contributed by atoms with E-state index in [4.69, 9.17) is 19.6 Å². The van der Waals surface area contributed by atoms with Gasteiger partial charge in [-0.3, -0.25) is 4.79 Å². The number of H-pyrrole nitrogens is 1. The molecule has 0 saturated heterocycles. The molecular weight excluding hydrogens is 703 g/mol. The van der Waals surface area contributed by atoms with Gasteiger partial charge in [-0.2, -0.15) is 0 Å².